The molecule has 0 N–H and O–H groups in total. The summed E-state index contributed by atoms with van der Waals surface area (Å²) >= 11 is 0. The fraction of sp³-hybridized carbons (Fsp3) is 0.429. The van der Waals surface area contributed by atoms with Crippen molar-refractivity contribution < 1.29 is 18.1 Å². The number of nitro groups is 1. The molecule has 2 aromatic rings. The normalized spacial score (nSPS) is 21.2. The van der Waals surface area contributed by atoms with E-state index in [9.17, 15) is 18.5 Å². The van der Waals surface area contributed by atoms with Crippen LogP contribution in [0.4, 0.5) is 11.4 Å². The van der Waals surface area contributed by atoms with E-state index >= 15 is 0 Å². The molecular formula is C21H26N4O5S. The van der Waals surface area contributed by atoms with Crippen LogP contribution >= 0.6 is 0 Å². The van der Waals surface area contributed by atoms with Gasteiger partial charge < -0.3 is 14.5 Å². The quantitative estimate of drug-likeness (QED) is 0.513. The summed E-state index contributed by atoms with van der Waals surface area (Å²) in [6.07, 6.45) is 0. The molecule has 2 saturated heterocycles. The SMILES string of the molecule is CN1CCN(c2ccc([N+](=O)[O-])cc2S(=O)(=O)N2CCOCC2)[C@H](c2ccccc2)C1. The molecule has 9 nitrogen and oxygen atoms in total. The van der Waals surface area contributed by atoms with Gasteiger partial charge in [-0.1, -0.05) is 30.3 Å². The third-order valence-electron chi connectivity index (χ3n) is 5.82. The van der Waals surface area contributed by atoms with Crippen LogP contribution in [0.25, 0.3) is 0 Å². The molecule has 0 spiro atoms. The van der Waals surface area contributed by atoms with Gasteiger partial charge in [0.1, 0.15) is 4.90 Å². The van der Waals surface area contributed by atoms with Crippen LogP contribution in [0, 0.1) is 10.1 Å². The summed E-state index contributed by atoms with van der Waals surface area (Å²) in [5.74, 6) is 0. The lowest BCUT2D eigenvalue weighted by atomic mass is 10.0. The molecule has 1 atom stereocenters. The van der Waals surface area contributed by atoms with Crippen molar-refractivity contribution in [3.8, 4) is 0 Å². The maximum atomic E-state index is 13.5. The molecule has 31 heavy (non-hydrogen) atoms. The van der Waals surface area contributed by atoms with Crippen molar-refractivity contribution in [2.24, 2.45) is 0 Å². The van der Waals surface area contributed by atoms with Crippen LogP contribution in [-0.2, 0) is 14.8 Å². The maximum Gasteiger partial charge on any atom is 0.270 e. The average Bonchev–Trinajstić information content (AvgIpc) is 2.80. The molecular weight excluding hydrogens is 420 g/mol. The summed E-state index contributed by atoms with van der Waals surface area (Å²) in [7, 11) is -1.89. The Balaban J connectivity index is 1.82. The highest BCUT2D eigenvalue weighted by Gasteiger charge is 2.35. The third kappa shape index (κ3) is 4.42. The molecule has 2 aliphatic rings. The van der Waals surface area contributed by atoms with Crippen molar-refractivity contribution in [2.45, 2.75) is 10.9 Å². The Morgan fingerprint density at radius 3 is 2.42 bits per heavy atom. The molecule has 4 rings (SSSR count). The second kappa shape index (κ2) is 8.91. The third-order valence-corrected chi connectivity index (χ3v) is 7.75. The summed E-state index contributed by atoms with van der Waals surface area (Å²) in [5, 5.41) is 11.4. The minimum Gasteiger partial charge on any atom is -0.379 e. The zero-order valence-electron chi connectivity index (χ0n) is 17.4. The Kier molecular flexibility index (Phi) is 6.24. The minimum absolute atomic E-state index is 0.0194. The van der Waals surface area contributed by atoms with Crippen molar-refractivity contribution in [3.05, 3.63) is 64.2 Å². The number of hydrogen-bond acceptors (Lipinski definition) is 7. The predicted molar refractivity (Wildman–Crippen MR) is 117 cm³/mol. The number of nitro benzene ring substituents is 1. The zero-order valence-corrected chi connectivity index (χ0v) is 18.2. The Hall–Kier alpha value is -2.53. The molecule has 10 heteroatoms. The second-order valence-electron chi connectivity index (χ2n) is 7.81. The molecule has 0 radical (unpaired) electrons. The van der Waals surface area contributed by atoms with Crippen molar-refractivity contribution in [3.63, 3.8) is 0 Å². The van der Waals surface area contributed by atoms with E-state index in [1.165, 1.54) is 16.4 Å². The van der Waals surface area contributed by atoms with Gasteiger partial charge in [0.2, 0.25) is 10.0 Å². The van der Waals surface area contributed by atoms with Crippen LogP contribution in [0.5, 0.6) is 0 Å². The number of ether oxygens (including phenoxy) is 1. The van der Waals surface area contributed by atoms with E-state index in [4.69, 9.17) is 4.74 Å². The number of rotatable bonds is 5. The van der Waals surface area contributed by atoms with Crippen LogP contribution in [0.15, 0.2) is 53.4 Å². The van der Waals surface area contributed by atoms with Crippen LogP contribution < -0.4 is 4.90 Å². The molecule has 166 valence electrons. The molecule has 0 amide bonds. The van der Waals surface area contributed by atoms with Gasteiger partial charge in [0.15, 0.2) is 0 Å². The zero-order chi connectivity index (χ0) is 22.0. The second-order valence-corrected chi connectivity index (χ2v) is 9.71. The number of hydrogen-bond donors (Lipinski definition) is 0. The lowest BCUT2D eigenvalue weighted by Gasteiger charge is -2.42. The number of sulfonamides is 1. The smallest absolute Gasteiger partial charge is 0.270 e. The highest BCUT2D eigenvalue weighted by Crippen LogP contribution is 2.37. The van der Waals surface area contributed by atoms with Gasteiger partial charge in [-0.25, -0.2) is 8.42 Å². The Labute approximate surface area is 182 Å². The Bertz CT molecular complexity index is 1040. The highest BCUT2D eigenvalue weighted by molar-refractivity contribution is 7.89. The van der Waals surface area contributed by atoms with E-state index < -0.39 is 14.9 Å². The number of non-ortho nitro benzene ring substituents is 1. The van der Waals surface area contributed by atoms with E-state index in [2.05, 4.69) is 9.80 Å². The van der Waals surface area contributed by atoms with E-state index in [0.717, 1.165) is 18.7 Å². The summed E-state index contributed by atoms with van der Waals surface area (Å²) in [4.78, 5) is 15.1. The number of likely N-dealkylation sites (N-methyl/N-ethyl adjacent to an activating group) is 1. The van der Waals surface area contributed by atoms with Gasteiger partial charge in [-0.05, 0) is 18.7 Å². The first-order valence-corrected chi connectivity index (χ1v) is 11.7. The molecule has 2 fully saturated rings. The van der Waals surface area contributed by atoms with Gasteiger partial charge >= 0.3 is 0 Å². The Morgan fingerprint density at radius 1 is 1.03 bits per heavy atom. The predicted octanol–water partition coefficient (Wildman–Crippen LogP) is 2.11. The fourth-order valence-corrected chi connectivity index (χ4v) is 5.78. The van der Waals surface area contributed by atoms with E-state index in [0.29, 0.717) is 25.4 Å². The summed E-state index contributed by atoms with van der Waals surface area (Å²) < 4.78 is 33.7. The first-order valence-electron chi connectivity index (χ1n) is 10.2. The van der Waals surface area contributed by atoms with Crippen LogP contribution in [0.1, 0.15) is 11.6 Å². The molecule has 2 aliphatic heterocycles. The van der Waals surface area contributed by atoms with Gasteiger partial charge in [-0.2, -0.15) is 4.31 Å². The topological polar surface area (TPSA) is 96.2 Å². The van der Waals surface area contributed by atoms with E-state index in [1.807, 2.05) is 37.4 Å². The van der Waals surface area contributed by atoms with Gasteiger partial charge in [0.05, 0.1) is 29.9 Å². The summed E-state index contributed by atoms with van der Waals surface area (Å²) in [5.41, 5.74) is 1.34. The van der Waals surface area contributed by atoms with E-state index in [-0.39, 0.29) is 29.7 Å². The van der Waals surface area contributed by atoms with Gasteiger partial charge in [0, 0.05) is 44.9 Å². The average molecular weight is 447 g/mol. The minimum atomic E-state index is -3.92. The van der Waals surface area contributed by atoms with Crippen LogP contribution in [-0.4, -0.2) is 75.5 Å². The Morgan fingerprint density at radius 2 is 1.74 bits per heavy atom. The van der Waals surface area contributed by atoms with Crippen molar-refractivity contribution in [1.82, 2.24) is 9.21 Å². The molecule has 0 unspecified atom stereocenters. The first-order chi connectivity index (χ1) is 14.9. The molecule has 0 aromatic heterocycles. The number of benzene rings is 2. The standard InChI is InChI=1S/C21H26N4O5S/c1-22-9-10-24(20(16-22)17-5-3-2-4-6-17)19-8-7-18(25(26)27)15-21(19)31(28,29)23-11-13-30-14-12-23/h2-8,15,20H,9-14,16H2,1H3/t20-/m0/s1. The van der Waals surface area contributed by atoms with Gasteiger partial charge in [0.25, 0.3) is 5.69 Å². The van der Waals surface area contributed by atoms with Crippen LogP contribution in [0.2, 0.25) is 0 Å². The van der Waals surface area contributed by atoms with Crippen molar-refractivity contribution in [2.75, 3.05) is 57.9 Å². The van der Waals surface area contributed by atoms with Crippen molar-refractivity contribution >= 4 is 21.4 Å². The molecule has 0 aliphatic carbocycles. The number of nitrogens with zero attached hydrogens (tertiary/aromatic N) is 4. The van der Waals surface area contributed by atoms with Gasteiger partial charge in [-0.15, -0.1) is 0 Å². The number of piperazine rings is 1. The monoisotopic (exact) mass is 446 g/mol. The number of anilines is 1. The molecule has 2 aromatic carbocycles. The fourth-order valence-electron chi connectivity index (χ4n) is 4.15. The summed E-state index contributed by atoms with van der Waals surface area (Å²) in [6, 6.07) is 14.0. The molecule has 2 heterocycles. The first kappa shape index (κ1) is 21.7. The highest BCUT2D eigenvalue weighted by atomic mass is 32.2. The molecule has 0 saturated carbocycles. The maximum absolute atomic E-state index is 13.5. The van der Waals surface area contributed by atoms with E-state index in [1.54, 1.807) is 6.07 Å². The summed E-state index contributed by atoms with van der Waals surface area (Å²) in [6.45, 7) is 3.18. The lowest BCUT2D eigenvalue weighted by molar-refractivity contribution is -0.385. The molecule has 0 bridgehead atoms. The lowest BCUT2D eigenvalue weighted by Crippen LogP contribution is -2.48. The number of morpholine rings is 1. The van der Waals surface area contributed by atoms with Crippen molar-refractivity contribution in [1.29, 1.82) is 0 Å². The van der Waals surface area contributed by atoms with Crippen LogP contribution in [0.3, 0.4) is 0 Å². The largest absolute Gasteiger partial charge is 0.379 e. The van der Waals surface area contributed by atoms with Gasteiger partial charge in [-0.3, -0.25) is 10.1 Å².